The monoisotopic (exact) mass is 830 g/mol. The van der Waals surface area contributed by atoms with E-state index in [1.165, 1.54) is 56.0 Å². The summed E-state index contributed by atoms with van der Waals surface area (Å²) in [6.07, 6.45) is 7.75. The number of rotatable bonds is 12. The van der Waals surface area contributed by atoms with Crippen molar-refractivity contribution in [1.29, 1.82) is 0 Å². The quantitative estimate of drug-likeness (QED) is 0.138. The van der Waals surface area contributed by atoms with E-state index in [1.54, 1.807) is 0 Å². The van der Waals surface area contributed by atoms with Gasteiger partial charge in [0.15, 0.2) is 37.9 Å². The van der Waals surface area contributed by atoms with E-state index in [4.69, 9.17) is 0 Å². The first kappa shape index (κ1) is 39.0. The molecule has 8 heterocycles. The number of carboxylic acid groups (broad SMARTS) is 2. The van der Waals surface area contributed by atoms with Gasteiger partial charge in [0.2, 0.25) is 11.8 Å². The van der Waals surface area contributed by atoms with Crippen LogP contribution in [0.4, 0.5) is 0 Å². The molecule has 0 unspecified atom stereocenters. The van der Waals surface area contributed by atoms with Crippen LogP contribution in [-0.2, 0) is 54.7 Å². The fraction of sp³-hybridized carbons (Fsp3) is 0.263. The molecule has 0 aliphatic carbocycles. The van der Waals surface area contributed by atoms with Crippen molar-refractivity contribution in [2.45, 2.75) is 48.8 Å². The molecule has 4 aliphatic heterocycles. The van der Waals surface area contributed by atoms with Crippen LogP contribution in [0.1, 0.15) is 9.75 Å². The number of pyridine rings is 2. The first-order valence-electron chi connectivity index (χ1n) is 17.4. The third-order valence-corrected chi connectivity index (χ3v) is 13.7. The number of hydrogen-bond donors (Lipinski definition) is 2. The van der Waals surface area contributed by atoms with E-state index in [0.29, 0.717) is 35.7 Å². The second kappa shape index (κ2) is 17.2. The first-order valence-corrected chi connectivity index (χ1v) is 21.2. The topological polar surface area (TPSA) is 187 Å². The third kappa shape index (κ3) is 8.42. The summed E-state index contributed by atoms with van der Waals surface area (Å²) in [4.78, 5) is 77.5. The van der Waals surface area contributed by atoms with Crippen molar-refractivity contribution in [1.82, 2.24) is 20.4 Å². The number of fused-ring (bicyclic) bond motifs is 2. The normalized spacial score (nSPS) is 21.1. The number of β-lactam (4-membered cyclic amide) rings is 2. The van der Waals surface area contributed by atoms with Crippen molar-refractivity contribution in [3.63, 3.8) is 0 Å². The number of amides is 4. The standard InChI is InChI=1S/2C19H17N3O4S2/c2*23-14(9-13-5-4-8-27-13)20-15-17(24)22-16(19(25)26)12(11-28-18(15)22)10-21-6-2-1-3-7-21/h2*1-8,15,18H,9-11H2,(H-,20,23,25,26)/t2*15-,18-/m11/s1. The van der Waals surface area contributed by atoms with Gasteiger partial charge in [0.25, 0.3) is 11.8 Å². The highest BCUT2D eigenvalue weighted by molar-refractivity contribution is 8.00. The Hall–Kier alpha value is -5.30. The van der Waals surface area contributed by atoms with Crippen molar-refractivity contribution in [3.05, 3.63) is 129 Å². The molecule has 4 atom stereocenters. The van der Waals surface area contributed by atoms with Gasteiger partial charge < -0.3 is 30.4 Å². The molecule has 0 saturated carbocycles. The van der Waals surface area contributed by atoms with Gasteiger partial charge in [-0.25, -0.2) is 9.13 Å². The van der Waals surface area contributed by atoms with Gasteiger partial charge >= 0.3 is 0 Å². The largest absolute Gasteiger partial charge is 0.543 e. The van der Waals surface area contributed by atoms with Gasteiger partial charge in [-0.1, -0.05) is 24.3 Å². The lowest BCUT2D eigenvalue weighted by molar-refractivity contribution is -0.689. The van der Waals surface area contributed by atoms with Crippen LogP contribution in [0.25, 0.3) is 0 Å². The maximum atomic E-state index is 12.6. The van der Waals surface area contributed by atoms with E-state index in [0.717, 1.165) is 9.75 Å². The number of thioether (sulfide) groups is 2. The van der Waals surface area contributed by atoms with Crippen molar-refractivity contribution >= 4 is 81.8 Å². The van der Waals surface area contributed by atoms with E-state index in [-0.39, 0.29) is 36.1 Å². The molecule has 0 bridgehead atoms. The number of aromatic nitrogens is 2. The van der Waals surface area contributed by atoms with Crippen LogP contribution in [0, 0.1) is 0 Å². The Morgan fingerprint density at radius 2 is 1.02 bits per heavy atom. The number of nitrogens with zero attached hydrogens (tertiary/aromatic N) is 4. The fourth-order valence-corrected chi connectivity index (χ4v) is 10.8. The van der Waals surface area contributed by atoms with Crippen LogP contribution in [-0.4, -0.2) is 79.7 Å². The Labute approximate surface area is 337 Å². The summed E-state index contributed by atoms with van der Waals surface area (Å²) in [5, 5.41) is 31.9. The summed E-state index contributed by atoms with van der Waals surface area (Å²) in [6, 6.07) is 17.2. The smallest absolute Gasteiger partial charge is 0.253 e. The summed E-state index contributed by atoms with van der Waals surface area (Å²) in [5.74, 6) is -3.13. The molecule has 8 rings (SSSR count). The second-order valence-corrected chi connectivity index (χ2v) is 17.3. The predicted octanol–water partition coefficient (Wildman–Crippen LogP) is -0.636. The molecular weight excluding hydrogens is 797 g/mol. The minimum Gasteiger partial charge on any atom is -0.543 e. The van der Waals surface area contributed by atoms with E-state index < -0.39 is 46.6 Å². The van der Waals surface area contributed by atoms with Crippen LogP contribution in [0.15, 0.2) is 119 Å². The van der Waals surface area contributed by atoms with Gasteiger partial charge in [-0.3, -0.25) is 29.0 Å². The lowest BCUT2D eigenvalue weighted by Gasteiger charge is -2.50. The number of carbonyl (C=O) groups excluding carboxylic acids is 6. The zero-order valence-electron chi connectivity index (χ0n) is 29.5. The molecule has 4 aromatic heterocycles. The molecule has 0 aromatic carbocycles. The Morgan fingerprint density at radius 3 is 1.36 bits per heavy atom. The number of thiophene rings is 2. The molecule has 0 radical (unpaired) electrons. The molecule has 2 saturated heterocycles. The number of carboxylic acids is 2. The summed E-state index contributed by atoms with van der Waals surface area (Å²) >= 11 is 5.86. The summed E-state index contributed by atoms with van der Waals surface area (Å²) in [6.45, 7) is 0.728. The van der Waals surface area contributed by atoms with Gasteiger partial charge in [-0.05, 0) is 22.9 Å². The molecule has 288 valence electrons. The summed E-state index contributed by atoms with van der Waals surface area (Å²) < 4.78 is 3.70. The van der Waals surface area contributed by atoms with Crippen LogP contribution >= 0.6 is 46.2 Å². The molecule has 14 nitrogen and oxygen atoms in total. The molecule has 56 heavy (non-hydrogen) atoms. The van der Waals surface area contributed by atoms with Crippen molar-refractivity contribution in [2.75, 3.05) is 11.5 Å². The Morgan fingerprint density at radius 1 is 0.625 bits per heavy atom. The number of hydrogen-bond acceptors (Lipinski definition) is 12. The summed E-state index contributed by atoms with van der Waals surface area (Å²) in [7, 11) is 0. The lowest BCUT2D eigenvalue weighted by Crippen LogP contribution is -2.71. The fourth-order valence-electron chi connectivity index (χ4n) is 6.70. The van der Waals surface area contributed by atoms with E-state index >= 15 is 0 Å². The van der Waals surface area contributed by atoms with Crippen LogP contribution in [0.3, 0.4) is 0 Å². The summed E-state index contributed by atoms with van der Waals surface area (Å²) in [5.41, 5.74) is 1.09. The highest BCUT2D eigenvalue weighted by Crippen LogP contribution is 2.41. The van der Waals surface area contributed by atoms with Gasteiger partial charge in [-0.15, -0.1) is 46.2 Å². The minimum atomic E-state index is -1.37. The van der Waals surface area contributed by atoms with Crippen molar-refractivity contribution < 1.29 is 48.1 Å². The SMILES string of the molecule is O=C(Cc1cccs1)N[C@@H]1C(=O)N2C(C(=O)[O-])=C(C[n+]3ccccc3)CS[C@H]12.O=C(Cc1cccs1)N[C@@H]1C(=O)N2C(C(=O)[O-])=C(C[n+]3ccccc3)CS[C@H]12. The molecule has 4 aromatic rings. The molecule has 18 heteroatoms. The molecule has 0 spiro atoms. The molecular formula is C38H34N6O8S4. The molecule has 4 amide bonds. The van der Waals surface area contributed by atoms with Gasteiger partial charge in [0, 0.05) is 56.7 Å². The minimum absolute atomic E-state index is 0.0751. The molecule has 4 aliphatic rings. The van der Waals surface area contributed by atoms with Gasteiger partial charge in [0.1, 0.15) is 22.8 Å². The number of aliphatic carboxylic acids is 2. The van der Waals surface area contributed by atoms with Crippen LogP contribution in [0.5, 0.6) is 0 Å². The van der Waals surface area contributed by atoms with E-state index in [9.17, 15) is 39.0 Å². The second-order valence-electron chi connectivity index (χ2n) is 13.0. The zero-order valence-corrected chi connectivity index (χ0v) is 32.7. The van der Waals surface area contributed by atoms with E-state index in [1.807, 2.05) is 105 Å². The molecule has 2 N–H and O–H groups in total. The number of nitrogens with one attached hydrogen (secondary N) is 2. The molecule has 2 fully saturated rings. The Balaban J connectivity index is 0.000000172. The van der Waals surface area contributed by atoms with Gasteiger partial charge in [0.05, 0.1) is 36.2 Å². The van der Waals surface area contributed by atoms with Crippen molar-refractivity contribution in [2.24, 2.45) is 0 Å². The maximum Gasteiger partial charge on any atom is 0.253 e. The van der Waals surface area contributed by atoms with Crippen LogP contribution in [0.2, 0.25) is 0 Å². The van der Waals surface area contributed by atoms with Gasteiger partial charge in [-0.2, -0.15) is 0 Å². The average Bonchev–Trinajstić information content (AvgIpc) is 3.91. The predicted molar refractivity (Wildman–Crippen MR) is 203 cm³/mol. The number of carbonyl (C=O) groups is 6. The van der Waals surface area contributed by atoms with E-state index in [2.05, 4.69) is 10.6 Å². The highest BCUT2D eigenvalue weighted by Gasteiger charge is 2.54. The third-order valence-electron chi connectivity index (χ3n) is 9.25. The van der Waals surface area contributed by atoms with Crippen molar-refractivity contribution in [3.8, 4) is 0 Å². The van der Waals surface area contributed by atoms with Crippen LogP contribution < -0.4 is 30.0 Å². The first-order chi connectivity index (χ1) is 27.1. The maximum absolute atomic E-state index is 12.6. The Kier molecular flexibility index (Phi) is 12.0. The zero-order chi connectivity index (χ0) is 39.3. The highest BCUT2D eigenvalue weighted by atomic mass is 32.2. The average molecular weight is 831 g/mol. The Bertz CT molecular complexity index is 2040. The lowest BCUT2D eigenvalue weighted by atomic mass is 10.0.